The minimum Gasteiger partial charge on any atom is -0.508 e. The van der Waals surface area contributed by atoms with E-state index in [-0.39, 0.29) is 108 Å². The van der Waals surface area contributed by atoms with E-state index in [0.29, 0.717) is 57.9 Å². The smallest absolute Gasteiger partial charge is 0.305 e. The monoisotopic (exact) mass is 1890 g/mol. The number of carboxylic acid groups (broad SMARTS) is 1. The summed E-state index contributed by atoms with van der Waals surface area (Å²) in [4.78, 5) is 246. The molecule has 0 aliphatic carbocycles. The van der Waals surface area contributed by atoms with Crippen LogP contribution in [0.2, 0.25) is 0 Å². The highest BCUT2D eigenvalue weighted by molar-refractivity contribution is 8.00. The van der Waals surface area contributed by atoms with Crippen molar-refractivity contribution in [2.75, 3.05) is 91.8 Å². The molecule has 19 N–H and O–H groups in total. The van der Waals surface area contributed by atoms with Crippen molar-refractivity contribution in [2.24, 2.45) is 23.1 Å². The Labute approximate surface area is 775 Å². The maximum atomic E-state index is 15.7. The maximum Gasteiger partial charge on any atom is 0.305 e. The molecule has 134 heavy (non-hydrogen) atoms. The van der Waals surface area contributed by atoms with Crippen molar-refractivity contribution in [2.45, 2.75) is 176 Å². The van der Waals surface area contributed by atoms with Crippen LogP contribution in [0.15, 0.2) is 121 Å². The largest absolute Gasteiger partial charge is 0.508 e. The van der Waals surface area contributed by atoms with Crippen molar-refractivity contribution in [3.8, 4) is 11.5 Å². The third-order valence-corrected chi connectivity index (χ3v) is 24.3. The lowest BCUT2D eigenvalue weighted by Crippen LogP contribution is -2.64. The van der Waals surface area contributed by atoms with Gasteiger partial charge in [0.2, 0.25) is 88.6 Å². The number of primary amides is 1. The van der Waals surface area contributed by atoms with Gasteiger partial charge in [0.1, 0.15) is 90.0 Å². The van der Waals surface area contributed by atoms with Gasteiger partial charge in [-0.25, -0.2) is 13.2 Å². The first-order valence-electron chi connectivity index (χ1n) is 43.9. The molecule has 3 saturated heterocycles. The Morgan fingerprint density at radius 2 is 1.03 bits per heavy atom. The molecule has 15 amide bonds. The Morgan fingerprint density at radius 3 is 1.62 bits per heavy atom. The van der Waals surface area contributed by atoms with Crippen molar-refractivity contribution in [3.05, 3.63) is 167 Å². The maximum absolute atomic E-state index is 15.7. The lowest BCUT2D eigenvalue weighted by Gasteiger charge is -2.41. The Hall–Kier alpha value is -13.3. The molecule has 0 unspecified atom stereocenters. The predicted octanol–water partition coefficient (Wildman–Crippen LogP) is -0.919. The average molecular weight is 1890 g/mol. The van der Waals surface area contributed by atoms with E-state index < -0.39 is 253 Å². The highest BCUT2D eigenvalue weighted by Crippen LogP contribution is 2.27. The number of H-pyrrole nitrogens is 1. The number of thioether (sulfide) groups is 1. The summed E-state index contributed by atoms with van der Waals surface area (Å²) in [6.45, 7) is 1.69. The second-order valence-electron chi connectivity index (χ2n) is 33.4. The molecular weight excluding hydrogens is 1770 g/mol. The lowest BCUT2D eigenvalue weighted by atomic mass is 9.98. The third kappa shape index (κ3) is 28.9. The number of aromatic hydroxyl groups is 2. The van der Waals surface area contributed by atoms with Gasteiger partial charge in [0.25, 0.3) is 0 Å². The number of likely N-dealkylation sites (N-methyl/N-ethyl adjacent to an activating group) is 3. The van der Waals surface area contributed by atoms with Crippen LogP contribution in [0.4, 0.5) is 13.2 Å². The Balaban J connectivity index is 1.14. The second kappa shape index (κ2) is 50.0. The molecule has 3 fully saturated rings. The van der Waals surface area contributed by atoms with E-state index in [9.17, 15) is 53.3 Å². The van der Waals surface area contributed by atoms with Crippen molar-refractivity contribution in [3.63, 3.8) is 0 Å². The van der Waals surface area contributed by atoms with E-state index in [0.717, 1.165) is 31.5 Å². The number of aromatic nitrogens is 1. The summed E-state index contributed by atoms with van der Waals surface area (Å²) in [5, 5.41) is 55.0. The van der Waals surface area contributed by atoms with Gasteiger partial charge in [-0.15, -0.1) is 11.8 Å². The zero-order valence-corrected chi connectivity index (χ0v) is 75.9. The predicted molar refractivity (Wildman–Crippen MR) is 482 cm³/mol. The number of hydrogen-bond donors (Lipinski definition) is 16. The van der Waals surface area contributed by atoms with Crippen LogP contribution in [0.25, 0.3) is 10.9 Å². The van der Waals surface area contributed by atoms with E-state index in [4.69, 9.17) is 26.7 Å². The molecule has 0 bridgehead atoms. The first-order valence-corrected chi connectivity index (χ1v) is 45.1. The van der Waals surface area contributed by atoms with Crippen LogP contribution in [0.1, 0.15) is 93.5 Å². The van der Waals surface area contributed by atoms with Gasteiger partial charge >= 0.3 is 5.97 Å². The molecule has 0 saturated carbocycles. The van der Waals surface area contributed by atoms with E-state index in [2.05, 4.69) is 52.8 Å². The highest BCUT2D eigenvalue weighted by Gasteiger charge is 2.46. The average Bonchev–Trinajstić information content (AvgIpc) is 1.22. The molecule has 0 spiro atoms. The van der Waals surface area contributed by atoms with Crippen molar-refractivity contribution < 1.29 is 115 Å². The van der Waals surface area contributed by atoms with Gasteiger partial charge in [-0.2, -0.15) is 0 Å². The molecule has 4 heterocycles. The van der Waals surface area contributed by atoms with Crippen LogP contribution in [-0.2, 0) is 118 Å². The number of nitrogens with one attached hydrogen (secondary N) is 10. The lowest BCUT2D eigenvalue weighted by molar-refractivity contribution is -0.158. The quantitative estimate of drug-likeness (QED) is 0.0326. The molecule has 13 atom stereocenters. The summed E-state index contributed by atoms with van der Waals surface area (Å²) in [7, 11) is 3.62. The number of phenols is 2. The Kier molecular flexibility index (Phi) is 39.0. The summed E-state index contributed by atoms with van der Waals surface area (Å²) >= 11 is 0.634. The normalized spacial score (nSPS) is 23.7. The fraction of sp³-hybridized carbons (Fsp3) is 0.473. The number of morpholine rings is 2. The fourth-order valence-electron chi connectivity index (χ4n) is 15.8. The molecule has 0 radical (unpaired) electrons. The van der Waals surface area contributed by atoms with E-state index in [1.807, 2.05) is 0 Å². The van der Waals surface area contributed by atoms with Crippen LogP contribution in [0.3, 0.4) is 0 Å². The van der Waals surface area contributed by atoms with Crippen LogP contribution in [-0.4, -0.2) is 310 Å². The van der Waals surface area contributed by atoms with Gasteiger partial charge in [0.15, 0.2) is 17.5 Å². The number of fused-ring (bicyclic) bond motifs is 3. The topological polar surface area (TPSA) is 571 Å². The molecule has 3 aliphatic rings. The van der Waals surface area contributed by atoms with Crippen LogP contribution in [0, 0.1) is 23.4 Å². The molecule has 1 aromatic heterocycles. The summed E-state index contributed by atoms with van der Waals surface area (Å²) < 4.78 is 56.7. The zero-order valence-electron chi connectivity index (χ0n) is 75.1. The molecule has 9 rings (SSSR count). The van der Waals surface area contributed by atoms with Gasteiger partial charge in [0.05, 0.1) is 45.1 Å². The molecule has 5 aromatic carbocycles. The summed E-state index contributed by atoms with van der Waals surface area (Å²) in [5.74, 6) is -24.8. The molecular formula is C91H117F3N18O21S. The summed E-state index contributed by atoms with van der Waals surface area (Å²) in [5.41, 5.74) is 19.4. The fourth-order valence-corrected chi connectivity index (χ4v) is 16.7. The van der Waals surface area contributed by atoms with E-state index in [1.165, 1.54) is 76.5 Å². The molecule has 39 nitrogen and oxygen atoms in total. The number of halogens is 3. The third-order valence-electron chi connectivity index (χ3n) is 23.3. The second-order valence-corrected chi connectivity index (χ2v) is 34.4. The molecule has 43 heteroatoms. The summed E-state index contributed by atoms with van der Waals surface area (Å²) in [6.07, 6.45) is -1.69. The van der Waals surface area contributed by atoms with Crippen LogP contribution in [0.5, 0.6) is 11.5 Å². The minimum atomic E-state index is -2.02. The number of aromatic amines is 1. The van der Waals surface area contributed by atoms with E-state index in [1.54, 1.807) is 67.7 Å². The first kappa shape index (κ1) is 104. The van der Waals surface area contributed by atoms with Gasteiger partial charge in [-0.1, -0.05) is 106 Å². The molecule has 724 valence electrons. The highest BCUT2D eigenvalue weighted by atomic mass is 32.2. The number of carbonyl (C=O) groups is 16. The van der Waals surface area contributed by atoms with Crippen LogP contribution >= 0.6 is 11.8 Å². The SMILES string of the molecule is CCCC[C@H]1C(=O)N2CCOC[C@@H]2C(=O)N[C@@H](CC(=O)O)C(=O)N[C@H](C(C)C)C(=O)N(C)[C@@H](Cc2ccccc2)C(=O)N[C@@H](CCN)C(=O)N2CCOC[C@@H]2C(=O)N[C@H](Cc2c[nH]c3ccccc23)C(=O)N[C@@H](Cc2ccc(O)cc2)C(=O)N[C@@H](CCCN)C(=O)N[C@H](C(=O)NCC(N)=O)CSCC(=O)N[C@@H](Cc2cc(F)c(F)c(F)c2)C(=O)N(C)[C@@H](Cc2ccc(O)cc2)C(=O)N1C. The number of benzene rings is 5. The molecule has 6 aromatic rings. The number of hydrogen-bond acceptors (Lipinski definition) is 23. The van der Waals surface area contributed by atoms with Gasteiger partial charge in [0, 0.05) is 89.2 Å². The number of nitrogens with two attached hydrogens (primary N) is 3. The molecule has 3 aliphatic heterocycles. The van der Waals surface area contributed by atoms with Crippen LogP contribution < -0.4 is 65.1 Å². The van der Waals surface area contributed by atoms with E-state index >= 15 is 51.9 Å². The number of rotatable bonds is 24. The number of unbranched alkanes of at least 4 members (excludes halogenated alkanes) is 1. The minimum absolute atomic E-state index is 0.0157. The number of carboxylic acids is 1. The number of aliphatic carboxylic acids is 1. The zero-order chi connectivity index (χ0) is 97.7. The summed E-state index contributed by atoms with van der Waals surface area (Å²) in [6, 6.07) is 5.40. The van der Waals surface area contributed by atoms with Gasteiger partial charge in [-0.3, -0.25) is 76.7 Å². The number of nitrogens with zero attached hydrogens (tertiary/aromatic N) is 5. The van der Waals surface area contributed by atoms with Crippen molar-refractivity contribution >= 4 is 117 Å². The number of phenolic OH excluding ortho intramolecular Hbond substituents is 2. The number of amides is 15. The van der Waals surface area contributed by atoms with Gasteiger partial charge < -0.3 is 119 Å². The number of carbonyl (C=O) groups excluding carboxylic acids is 15. The van der Waals surface area contributed by atoms with Gasteiger partial charge in [-0.05, 0) is 115 Å². The van der Waals surface area contributed by atoms with Crippen molar-refractivity contribution in [1.29, 1.82) is 0 Å². The number of para-hydroxylation sites is 1. The Morgan fingerprint density at radius 1 is 0.515 bits per heavy atom. The van der Waals surface area contributed by atoms with Crippen molar-refractivity contribution in [1.82, 2.24) is 77.3 Å². The number of ether oxygens (including phenoxy) is 2. The standard InChI is InChI=1S/C91H117F3N18O21S/c1-7-8-20-69-90(130)112-33-35-133-47-73(112)86(126)105-66(43-76(117)118)83(123)107-78(50(2)3)91(131)109(5)70(40-51-15-10-9-11-16-51)84(124)102-63(29-31-96)88(128)111-32-34-132-46-72(111)85(125)104-65(42-55-44-98-61-18-13-12-17-58(55)61)82(122)103-64(38-52-21-25-56(113)26-22-52)81(121)101-62(19-14-30-95)80(120)106-68(79(119)99-45-74(97)115)48-134-49-75(116)100-67(39-54-36-59(92)77(94)60(93)37-54)87(127)110(6)71(89(129)108(69)4)41-53-23-27-57(114)28-24-53/h9-13,15-18,21-28,36-37,44,50,62-73,78,98,113-114H,7-8,14,19-20,29-35,38-43,45-49,95-96H2,1-6H3,(H2,97,115)(H,99,119)(H,100,116)(H,101,121)(H,102,124)(H,103,122)(H,104,125)(H,105,126)(H,106,120)(H,107,123)(H,117,118)/t62-,63-,64-,65+,66-,67-,68-,69-,70-,71-,72+,73+,78+/m0/s1. The Bertz CT molecular complexity index is 5160. The first-order chi connectivity index (χ1) is 63.9.